The summed E-state index contributed by atoms with van der Waals surface area (Å²) in [7, 11) is -3.52. The standard InChI is InChI=1S/C12H20N4O2S/c1-12(7-3-2-4-8-12)16-19(17,18)10-5-6-11(15-13)14-9-10/h5-6,9,16H,2-4,7-8,13H2,1H3,(H,14,15). The number of rotatable bonds is 4. The van der Waals surface area contributed by atoms with Gasteiger partial charge in [-0.15, -0.1) is 0 Å². The van der Waals surface area contributed by atoms with E-state index in [-0.39, 0.29) is 10.4 Å². The molecule has 1 aromatic rings. The van der Waals surface area contributed by atoms with Crippen molar-refractivity contribution in [1.82, 2.24) is 9.71 Å². The van der Waals surface area contributed by atoms with Crippen LogP contribution in [0.5, 0.6) is 0 Å². The van der Waals surface area contributed by atoms with Gasteiger partial charge in [0.1, 0.15) is 10.7 Å². The molecule has 2 rings (SSSR count). The molecule has 0 atom stereocenters. The minimum absolute atomic E-state index is 0.165. The lowest BCUT2D eigenvalue weighted by molar-refractivity contribution is 0.294. The summed E-state index contributed by atoms with van der Waals surface area (Å²) in [6, 6.07) is 3.04. The molecule has 0 radical (unpaired) electrons. The molecule has 6 nitrogen and oxygen atoms in total. The maximum atomic E-state index is 12.3. The van der Waals surface area contributed by atoms with Crippen molar-refractivity contribution < 1.29 is 8.42 Å². The lowest BCUT2D eigenvalue weighted by atomic mass is 9.84. The molecule has 1 aliphatic carbocycles. The molecular formula is C12H20N4O2S. The number of nitrogens with two attached hydrogens (primary N) is 1. The van der Waals surface area contributed by atoms with E-state index in [1.807, 2.05) is 6.92 Å². The maximum Gasteiger partial charge on any atom is 0.242 e. The monoisotopic (exact) mass is 284 g/mol. The average molecular weight is 284 g/mol. The second kappa shape index (κ2) is 5.44. The van der Waals surface area contributed by atoms with E-state index < -0.39 is 10.0 Å². The Morgan fingerprint density at radius 3 is 2.47 bits per heavy atom. The number of sulfonamides is 1. The highest BCUT2D eigenvalue weighted by Gasteiger charge is 2.32. The summed E-state index contributed by atoms with van der Waals surface area (Å²) >= 11 is 0. The van der Waals surface area contributed by atoms with Crippen LogP contribution in [0, 0.1) is 0 Å². The maximum absolute atomic E-state index is 12.3. The number of hydrogen-bond acceptors (Lipinski definition) is 5. The van der Waals surface area contributed by atoms with Gasteiger partial charge >= 0.3 is 0 Å². The van der Waals surface area contributed by atoms with Crippen LogP contribution in [0.25, 0.3) is 0 Å². The number of aromatic nitrogens is 1. The third-order valence-electron chi connectivity index (χ3n) is 3.53. The first-order valence-electron chi connectivity index (χ1n) is 6.42. The van der Waals surface area contributed by atoms with E-state index in [9.17, 15) is 8.42 Å². The third kappa shape index (κ3) is 3.43. The molecule has 1 fully saturated rings. The number of anilines is 1. The molecule has 1 aromatic heterocycles. The van der Waals surface area contributed by atoms with Crippen LogP contribution in [-0.4, -0.2) is 18.9 Å². The normalized spacial score (nSPS) is 19.1. The Hall–Kier alpha value is -1.18. The molecular weight excluding hydrogens is 264 g/mol. The largest absolute Gasteiger partial charge is 0.308 e. The Balaban J connectivity index is 2.17. The molecule has 7 heteroatoms. The fraction of sp³-hybridized carbons (Fsp3) is 0.583. The second-order valence-corrected chi connectivity index (χ2v) is 6.93. The van der Waals surface area contributed by atoms with Gasteiger partial charge in [0.25, 0.3) is 0 Å². The van der Waals surface area contributed by atoms with Crippen LogP contribution in [0.15, 0.2) is 23.2 Å². The number of pyridine rings is 1. The van der Waals surface area contributed by atoms with Gasteiger partial charge in [0.2, 0.25) is 10.0 Å². The first kappa shape index (κ1) is 14.2. The van der Waals surface area contributed by atoms with Gasteiger partial charge in [-0.25, -0.2) is 24.0 Å². The number of hydrogen-bond donors (Lipinski definition) is 3. The minimum atomic E-state index is -3.52. The number of hydrazine groups is 1. The zero-order chi connectivity index (χ0) is 13.9. The van der Waals surface area contributed by atoms with Gasteiger partial charge in [0.05, 0.1) is 0 Å². The SMILES string of the molecule is CC1(NS(=O)(=O)c2ccc(NN)nc2)CCCCC1. The van der Waals surface area contributed by atoms with E-state index >= 15 is 0 Å². The van der Waals surface area contributed by atoms with Crippen molar-refractivity contribution in [2.75, 3.05) is 5.43 Å². The first-order valence-corrected chi connectivity index (χ1v) is 7.90. The highest BCUT2D eigenvalue weighted by molar-refractivity contribution is 7.89. The van der Waals surface area contributed by atoms with E-state index in [1.54, 1.807) is 0 Å². The lowest BCUT2D eigenvalue weighted by Crippen LogP contribution is -2.47. The smallest absolute Gasteiger partial charge is 0.242 e. The van der Waals surface area contributed by atoms with E-state index in [1.165, 1.54) is 24.8 Å². The Morgan fingerprint density at radius 2 is 1.95 bits per heavy atom. The molecule has 1 saturated carbocycles. The van der Waals surface area contributed by atoms with Gasteiger partial charge < -0.3 is 5.43 Å². The summed E-state index contributed by atoms with van der Waals surface area (Å²) in [6.45, 7) is 1.97. The van der Waals surface area contributed by atoms with Crippen molar-refractivity contribution in [3.05, 3.63) is 18.3 Å². The summed E-state index contributed by atoms with van der Waals surface area (Å²) < 4.78 is 27.4. The minimum Gasteiger partial charge on any atom is -0.308 e. The van der Waals surface area contributed by atoms with Gasteiger partial charge in [-0.05, 0) is 31.9 Å². The predicted molar refractivity (Wildman–Crippen MR) is 73.9 cm³/mol. The van der Waals surface area contributed by atoms with Crippen LogP contribution in [0.2, 0.25) is 0 Å². The lowest BCUT2D eigenvalue weighted by Gasteiger charge is -2.34. The zero-order valence-corrected chi connectivity index (χ0v) is 11.8. The van der Waals surface area contributed by atoms with E-state index in [4.69, 9.17) is 5.84 Å². The topological polar surface area (TPSA) is 97.1 Å². The molecule has 0 unspecified atom stereocenters. The van der Waals surface area contributed by atoms with Crippen LogP contribution in [0.3, 0.4) is 0 Å². The van der Waals surface area contributed by atoms with Crippen molar-refractivity contribution in [1.29, 1.82) is 0 Å². The highest BCUT2D eigenvalue weighted by atomic mass is 32.2. The van der Waals surface area contributed by atoms with E-state index in [2.05, 4.69) is 15.1 Å². The van der Waals surface area contributed by atoms with Gasteiger partial charge in [-0.3, -0.25) is 0 Å². The van der Waals surface area contributed by atoms with Crippen molar-refractivity contribution in [3.8, 4) is 0 Å². The molecule has 0 spiro atoms. The van der Waals surface area contributed by atoms with E-state index in [0.717, 1.165) is 25.7 Å². The molecule has 106 valence electrons. The Bertz CT molecular complexity index is 521. The number of nitrogens with zero attached hydrogens (tertiary/aromatic N) is 1. The quantitative estimate of drug-likeness (QED) is 0.573. The van der Waals surface area contributed by atoms with Crippen molar-refractivity contribution >= 4 is 15.8 Å². The van der Waals surface area contributed by atoms with Gasteiger partial charge in [0.15, 0.2) is 0 Å². The molecule has 0 bridgehead atoms. The van der Waals surface area contributed by atoms with Crippen LogP contribution < -0.4 is 16.0 Å². The summed E-state index contributed by atoms with van der Waals surface area (Å²) in [5, 5.41) is 0. The molecule has 1 heterocycles. The Morgan fingerprint density at radius 1 is 1.26 bits per heavy atom. The Kier molecular flexibility index (Phi) is 4.07. The summed E-state index contributed by atoms with van der Waals surface area (Å²) in [4.78, 5) is 4.09. The predicted octanol–water partition coefficient (Wildman–Crippen LogP) is 1.37. The highest BCUT2D eigenvalue weighted by Crippen LogP contribution is 2.29. The van der Waals surface area contributed by atoms with Crippen LogP contribution >= 0.6 is 0 Å². The van der Waals surface area contributed by atoms with Crippen molar-refractivity contribution in [3.63, 3.8) is 0 Å². The number of nitrogen functional groups attached to an aromatic ring is 1. The van der Waals surface area contributed by atoms with Crippen LogP contribution in [0.1, 0.15) is 39.0 Å². The molecule has 0 aromatic carbocycles. The van der Waals surface area contributed by atoms with E-state index in [0.29, 0.717) is 5.82 Å². The summed E-state index contributed by atoms with van der Waals surface area (Å²) in [5.74, 6) is 5.63. The Labute approximate surface area is 113 Å². The molecule has 0 aliphatic heterocycles. The third-order valence-corrected chi connectivity index (χ3v) is 5.16. The number of nitrogens with one attached hydrogen (secondary N) is 2. The van der Waals surface area contributed by atoms with Gasteiger partial charge in [-0.1, -0.05) is 19.3 Å². The van der Waals surface area contributed by atoms with Crippen LogP contribution in [-0.2, 0) is 10.0 Å². The molecule has 1 aliphatic rings. The fourth-order valence-corrected chi connectivity index (χ4v) is 3.85. The van der Waals surface area contributed by atoms with Crippen molar-refractivity contribution in [2.45, 2.75) is 49.5 Å². The zero-order valence-electron chi connectivity index (χ0n) is 11.0. The van der Waals surface area contributed by atoms with Crippen LogP contribution in [0.4, 0.5) is 5.82 Å². The van der Waals surface area contributed by atoms with Gasteiger partial charge in [-0.2, -0.15) is 0 Å². The first-order chi connectivity index (χ1) is 8.95. The molecule has 19 heavy (non-hydrogen) atoms. The molecule has 0 saturated heterocycles. The van der Waals surface area contributed by atoms with Gasteiger partial charge in [0, 0.05) is 11.7 Å². The second-order valence-electron chi connectivity index (χ2n) is 5.25. The molecule has 4 N–H and O–H groups in total. The van der Waals surface area contributed by atoms with Crippen molar-refractivity contribution in [2.24, 2.45) is 5.84 Å². The average Bonchev–Trinajstić information content (AvgIpc) is 2.38. The summed E-state index contributed by atoms with van der Waals surface area (Å²) in [5.41, 5.74) is 2.02. The molecule has 0 amide bonds. The fourth-order valence-electron chi connectivity index (χ4n) is 2.44. The summed E-state index contributed by atoms with van der Waals surface area (Å²) in [6.07, 6.45) is 6.37.